The van der Waals surface area contributed by atoms with Crippen LogP contribution in [0, 0.1) is 0 Å². The minimum atomic E-state index is 0.405. The van der Waals surface area contributed by atoms with Gasteiger partial charge in [-0.15, -0.1) is 0 Å². The number of fused-ring (bicyclic) bond motifs is 1. The van der Waals surface area contributed by atoms with Gasteiger partial charge in [0.15, 0.2) is 0 Å². The molecular weight excluding hydrogens is 244 g/mol. The Bertz CT molecular complexity index is 550. The van der Waals surface area contributed by atoms with E-state index in [-0.39, 0.29) is 0 Å². The molecule has 1 atom stereocenters. The van der Waals surface area contributed by atoms with Gasteiger partial charge >= 0.3 is 0 Å². The third kappa shape index (κ3) is 2.56. The molecule has 0 spiro atoms. The molecule has 0 fully saturated rings. The molecular formula is C18H22N2. The first kappa shape index (κ1) is 13.2. The summed E-state index contributed by atoms with van der Waals surface area (Å²) in [5.41, 5.74) is 4.28. The second-order valence-corrected chi connectivity index (χ2v) is 5.41. The molecule has 1 heterocycles. The van der Waals surface area contributed by atoms with Crippen molar-refractivity contribution in [2.45, 2.75) is 18.9 Å². The summed E-state index contributed by atoms with van der Waals surface area (Å²) in [5.74, 6) is 0. The summed E-state index contributed by atoms with van der Waals surface area (Å²) in [5, 5.41) is 3.35. The van der Waals surface area contributed by atoms with Crippen LogP contribution in [-0.4, -0.2) is 20.1 Å². The number of likely N-dealkylation sites (N-methyl/N-ethyl adjacent to an activating group) is 1. The van der Waals surface area contributed by atoms with Crippen LogP contribution in [0.2, 0.25) is 0 Å². The molecule has 2 aromatic carbocycles. The Balaban J connectivity index is 1.97. The van der Waals surface area contributed by atoms with Gasteiger partial charge in [0.2, 0.25) is 0 Å². The summed E-state index contributed by atoms with van der Waals surface area (Å²) >= 11 is 0. The maximum absolute atomic E-state index is 3.35. The van der Waals surface area contributed by atoms with E-state index in [1.165, 1.54) is 29.7 Å². The van der Waals surface area contributed by atoms with Crippen molar-refractivity contribution in [3.8, 4) is 0 Å². The molecule has 0 saturated carbocycles. The molecule has 104 valence electrons. The number of hydrogen-bond donors (Lipinski definition) is 1. The number of aryl methyl sites for hydroxylation is 1. The fourth-order valence-electron chi connectivity index (χ4n) is 3.16. The summed E-state index contributed by atoms with van der Waals surface area (Å²) in [4.78, 5) is 2.56. The highest BCUT2D eigenvalue weighted by Crippen LogP contribution is 2.33. The van der Waals surface area contributed by atoms with Gasteiger partial charge in [-0.1, -0.05) is 48.5 Å². The standard InChI is InChI=1S/C18H22N2/c1-19-14-18(16-8-3-2-4-9-16)20-13-7-11-15-10-5-6-12-17(15)20/h2-6,8-10,12,18-19H,7,11,13-14H2,1H3. The molecule has 2 nitrogen and oxygen atoms in total. The van der Waals surface area contributed by atoms with Crippen molar-refractivity contribution < 1.29 is 0 Å². The van der Waals surface area contributed by atoms with E-state index in [1.54, 1.807) is 0 Å². The second-order valence-electron chi connectivity index (χ2n) is 5.41. The number of para-hydroxylation sites is 1. The third-order valence-corrected chi connectivity index (χ3v) is 4.10. The number of benzene rings is 2. The molecule has 0 bridgehead atoms. The molecule has 1 unspecified atom stereocenters. The molecule has 0 aliphatic carbocycles. The van der Waals surface area contributed by atoms with Crippen molar-refractivity contribution in [3.05, 3.63) is 65.7 Å². The Kier molecular flexibility index (Phi) is 4.03. The van der Waals surface area contributed by atoms with Gasteiger partial charge in [0.05, 0.1) is 6.04 Å². The third-order valence-electron chi connectivity index (χ3n) is 4.10. The maximum atomic E-state index is 3.35. The smallest absolute Gasteiger partial charge is 0.0666 e. The van der Waals surface area contributed by atoms with Crippen LogP contribution in [0.5, 0.6) is 0 Å². The van der Waals surface area contributed by atoms with Gasteiger partial charge < -0.3 is 10.2 Å². The zero-order valence-electron chi connectivity index (χ0n) is 12.0. The van der Waals surface area contributed by atoms with Gasteiger partial charge in [0.25, 0.3) is 0 Å². The molecule has 2 heteroatoms. The SMILES string of the molecule is CNCC(c1ccccc1)N1CCCc2ccccc21. The normalized spacial score (nSPS) is 15.8. The largest absolute Gasteiger partial charge is 0.363 e. The Morgan fingerprint density at radius 2 is 1.80 bits per heavy atom. The van der Waals surface area contributed by atoms with Crippen LogP contribution in [0.4, 0.5) is 5.69 Å². The Morgan fingerprint density at radius 3 is 2.60 bits per heavy atom. The summed E-state index contributed by atoms with van der Waals surface area (Å²) in [6.45, 7) is 2.11. The van der Waals surface area contributed by atoms with E-state index in [9.17, 15) is 0 Å². The van der Waals surface area contributed by atoms with E-state index in [0.29, 0.717) is 6.04 Å². The number of nitrogens with zero attached hydrogens (tertiary/aromatic N) is 1. The van der Waals surface area contributed by atoms with E-state index >= 15 is 0 Å². The number of hydrogen-bond acceptors (Lipinski definition) is 2. The van der Waals surface area contributed by atoms with Crippen molar-refractivity contribution in [3.63, 3.8) is 0 Å². The van der Waals surface area contributed by atoms with Crippen LogP contribution in [0.1, 0.15) is 23.6 Å². The minimum Gasteiger partial charge on any atom is -0.363 e. The first-order chi connectivity index (χ1) is 9.90. The lowest BCUT2D eigenvalue weighted by molar-refractivity contribution is 0.554. The van der Waals surface area contributed by atoms with Crippen molar-refractivity contribution >= 4 is 5.69 Å². The van der Waals surface area contributed by atoms with E-state index in [0.717, 1.165) is 13.1 Å². The monoisotopic (exact) mass is 266 g/mol. The molecule has 0 aromatic heterocycles. The van der Waals surface area contributed by atoms with Crippen LogP contribution in [0.3, 0.4) is 0 Å². The topological polar surface area (TPSA) is 15.3 Å². The number of rotatable bonds is 4. The second kappa shape index (κ2) is 6.10. The van der Waals surface area contributed by atoms with Crippen LogP contribution in [0.25, 0.3) is 0 Å². The molecule has 0 radical (unpaired) electrons. The van der Waals surface area contributed by atoms with Crippen LogP contribution in [-0.2, 0) is 6.42 Å². The van der Waals surface area contributed by atoms with E-state index < -0.39 is 0 Å². The van der Waals surface area contributed by atoms with Gasteiger partial charge in [0, 0.05) is 18.8 Å². The highest BCUT2D eigenvalue weighted by molar-refractivity contribution is 5.57. The molecule has 1 aliphatic rings. The predicted octanol–water partition coefficient (Wildman–Crippen LogP) is 3.40. The lowest BCUT2D eigenvalue weighted by atomic mass is 9.97. The lowest BCUT2D eigenvalue weighted by Crippen LogP contribution is -2.38. The predicted molar refractivity (Wildman–Crippen MR) is 85.2 cm³/mol. The molecule has 2 aromatic rings. The summed E-state index contributed by atoms with van der Waals surface area (Å²) < 4.78 is 0. The first-order valence-corrected chi connectivity index (χ1v) is 7.44. The lowest BCUT2D eigenvalue weighted by Gasteiger charge is -2.38. The average Bonchev–Trinajstić information content (AvgIpc) is 2.53. The molecule has 1 aliphatic heterocycles. The zero-order chi connectivity index (χ0) is 13.8. The van der Waals surface area contributed by atoms with E-state index in [1.807, 2.05) is 7.05 Å². The fourth-order valence-corrected chi connectivity index (χ4v) is 3.16. The Morgan fingerprint density at radius 1 is 1.05 bits per heavy atom. The van der Waals surface area contributed by atoms with E-state index in [4.69, 9.17) is 0 Å². The quantitative estimate of drug-likeness (QED) is 0.912. The van der Waals surface area contributed by atoms with Crippen molar-refractivity contribution in [1.29, 1.82) is 0 Å². The van der Waals surface area contributed by atoms with Crippen molar-refractivity contribution in [2.75, 3.05) is 25.0 Å². The van der Waals surface area contributed by atoms with Gasteiger partial charge in [-0.25, -0.2) is 0 Å². The van der Waals surface area contributed by atoms with Gasteiger partial charge in [-0.2, -0.15) is 0 Å². The van der Waals surface area contributed by atoms with Crippen LogP contribution < -0.4 is 10.2 Å². The summed E-state index contributed by atoms with van der Waals surface area (Å²) in [6.07, 6.45) is 2.44. The molecule has 0 amide bonds. The Labute approximate surface area is 121 Å². The number of anilines is 1. The fraction of sp³-hybridized carbons (Fsp3) is 0.333. The number of nitrogens with one attached hydrogen (secondary N) is 1. The van der Waals surface area contributed by atoms with Crippen molar-refractivity contribution in [1.82, 2.24) is 5.32 Å². The molecule has 1 N–H and O–H groups in total. The minimum absolute atomic E-state index is 0.405. The molecule has 0 saturated heterocycles. The van der Waals surface area contributed by atoms with Crippen LogP contribution in [0.15, 0.2) is 54.6 Å². The Hall–Kier alpha value is -1.80. The van der Waals surface area contributed by atoms with Gasteiger partial charge in [-0.05, 0) is 37.1 Å². The zero-order valence-corrected chi connectivity index (χ0v) is 12.0. The molecule has 3 rings (SSSR count). The average molecular weight is 266 g/mol. The maximum Gasteiger partial charge on any atom is 0.0666 e. The summed E-state index contributed by atoms with van der Waals surface area (Å²) in [7, 11) is 2.03. The van der Waals surface area contributed by atoms with Crippen molar-refractivity contribution in [2.24, 2.45) is 0 Å². The highest BCUT2D eigenvalue weighted by Gasteiger charge is 2.24. The highest BCUT2D eigenvalue weighted by atomic mass is 15.2. The van der Waals surface area contributed by atoms with Crippen LogP contribution >= 0.6 is 0 Å². The first-order valence-electron chi connectivity index (χ1n) is 7.44. The molecule has 20 heavy (non-hydrogen) atoms. The van der Waals surface area contributed by atoms with Gasteiger partial charge in [0.1, 0.15) is 0 Å². The summed E-state index contributed by atoms with van der Waals surface area (Å²) in [6, 6.07) is 20.1. The van der Waals surface area contributed by atoms with Gasteiger partial charge in [-0.3, -0.25) is 0 Å². The van der Waals surface area contributed by atoms with E-state index in [2.05, 4.69) is 64.8 Å².